The molecule has 0 spiro atoms. The zero-order chi connectivity index (χ0) is 14.7. The fourth-order valence-electron chi connectivity index (χ4n) is 3.08. The second-order valence-corrected chi connectivity index (χ2v) is 5.97. The molecule has 21 heavy (non-hydrogen) atoms. The molecule has 1 aliphatic rings. The summed E-state index contributed by atoms with van der Waals surface area (Å²) in [5.41, 5.74) is 2.01. The Hall–Kier alpha value is -1.46. The highest BCUT2D eigenvalue weighted by atomic mass is 16.5. The molecule has 0 amide bonds. The van der Waals surface area contributed by atoms with Gasteiger partial charge in [-0.3, -0.25) is 0 Å². The molecule has 1 aliphatic heterocycles. The van der Waals surface area contributed by atoms with Crippen LogP contribution in [-0.4, -0.2) is 53.3 Å². The van der Waals surface area contributed by atoms with Crippen LogP contribution in [0.15, 0.2) is 18.3 Å². The Bertz CT molecular complexity index is 587. The smallest absolute Gasteiger partial charge is 0.159 e. The standard InChI is InChI=1S/C16H24N4O/c1-19-9-5-13(6-10-19)12-20-15(7-11-21-2)18-14-4-3-8-17-16(14)20/h3-4,8,13H,5-7,9-12H2,1-2H3. The predicted molar refractivity (Wildman–Crippen MR) is 83.3 cm³/mol. The van der Waals surface area contributed by atoms with E-state index in [4.69, 9.17) is 9.72 Å². The fourth-order valence-corrected chi connectivity index (χ4v) is 3.08. The zero-order valence-corrected chi connectivity index (χ0v) is 13.0. The minimum atomic E-state index is 0.705. The second-order valence-electron chi connectivity index (χ2n) is 5.97. The largest absolute Gasteiger partial charge is 0.384 e. The lowest BCUT2D eigenvalue weighted by Gasteiger charge is -2.29. The SMILES string of the molecule is COCCc1nc2cccnc2n1CC1CCN(C)CC1. The van der Waals surface area contributed by atoms with E-state index in [9.17, 15) is 0 Å². The number of imidazole rings is 1. The number of likely N-dealkylation sites (tertiary alicyclic amines) is 1. The number of ether oxygens (including phenoxy) is 1. The van der Waals surface area contributed by atoms with Crippen LogP contribution < -0.4 is 0 Å². The molecule has 0 aliphatic carbocycles. The van der Waals surface area contributed by atoms with Crippen LogP contribution >= 0.6 is 0 Å². The number of hydrogen-bond donors (Lipinski definition) is 0. The lowest BCUT2D eigenvalue weighted by atomic mass is 9.97. The van der Waals surface area contributed by atoms with Gasteiger partial charge in [0.05, 0.1) is 6.61 Å². The first-order chi connectivity index (χ1) is 10.3. The van der Waals surface area contributed by atoms with Crippen molar-refractivity contribution in [2.24, 2.45) is 5.92 Å². The maximum absolute atomic E-state index is 5.22. The summed E-state index contributed by atoms with van der Waals surface area (Å²) in [5, 5.41) is 0. The highest BCUT2D eigenvalue weighted by Crippen LogP contribution is 2.22. The van der Waals surface area contributed by atoms with Crippen molar-refractivity contribution in [1.82, 2.24) is 19.4 Å². The first kappa shape index (κ1) is 14.5. The van der Waals surface area contributed by atoms with E-state index in [1.54, 1.807) is 7.11 Å². The Morgan fingerprint density at radius 3 is 2.90 bits per heavy atom. The van der Waals surface area contributed by atoms with Crippen molar-refractivity contribution in [3.63, 3.8) is 0 Å². The molecule has 3 heterocycles. The van der Waals surface area contributed by atoms with E-state index in [0.29, 0.717) is 6.61 Å². The maximum atomic E-state index is 5.22. The Morgan fingerprint density at radius 1 is 1.33 bits per heavy atom. The summed E-state index contributed by atoms with van der Waals surface area (Å²) >= 11 is 0. The van der Waals surface area contributed by atoms with E-state index in [1.165, 1.54) is 25.9 Å². The minimum absolute atomic E-state index is 0.705. The van der Waals surface area contributed by atoms with Gasteiger partial charge >= 0.3 is 0 Å². The molecule has 2 aromatic rings. The van der Waals surface area contributed by atoms with Gasteiger partial charge in [0.15, 0.2) is 5.65 Å². The van der Waals surface area contributed by atoms with E-state index >= 15 is 0 Å². The molecule has 1 fully saturated rings. The summed E-state index contributed by atoms with van der Waals surface area (Å²) in [4.78, 5) is 11.7. The number of hydrogen-bond acceptors (Lipinski definition) is 4. The zero-order valence-electron chi connectivity index (χ0n) is 13.0. The average molecular weight is 288 g/mol. The van der Waals surface area contributed by atoms with Crippen LogP contribution in [0.25, 0.3) is 11.2 Å². The number of methoxy groups -OCH3 is 1. The maximum Gasteiger partial charge on any atom is 0.159 e. The van der Waals surface area contributed by atoms with Crippen molar-refractivity contribution in [3.05, 3.63) is 24.2 Å². The molecule has 0 aromatic carbocycles. The molecule has 0 radical (unpaired) electrons. The van der Waals surface area contributed by atoms with Crippen LogP contribution in [0.4, 0.5) is 0 Å². The van der Waals surface area contributed by atoms with E-state index in [1.807, 2.05) is 18.3 Å². The molecular formula is C16H24N4O. The molecular weight excluding hydrogens is 264 g/mol. The quantitative estimate of drug-likeness (QED) is 0.843. The van der Waals surface area contributed by atoms with Crippen molar-refractivity contribution < 1.29 is 4.74 Å². The Balaban J connectivity index is 1.84. The Labute approximate surface area is 125 Å². The van der Waals surface area contributed by atoms with Crippen molar-refractivity contribution in [1.29, 1.82) is 0 Å². The highest BCUT2D eigenvalue weighted by molar-refractivity contribution is 5.71. The molecule has 0 atom stereocenters. The number of piperidine rings is 1. The summed E-state index contributed by atoms with van der Waals surface area (Å²) in [6.45, 7) is 4.12. The van der Waals surface area contributed by atoms with E-state index < -0.39 is 0 Å². The molecule has 0 bridgehead atoms. The van der Waals surface area contributed by atoms with E-state index in [2.05, 4.69) is 21.5 Å². The molecule has 114 valence electrons. The third-order valence-electron chi connectivity index (χ3n) is 4.39. The van der Waals surface area contributed by atoms with Gasteiger partial charge in [-0.25, -0.2) is 9.97 Å². The molecule has 5 nitrogen and oxygen atoms in total. The summed E-state index contributed by atoms with van der Waals surface area (Å²) in [5.74, 6) is 1.83. The van der Waals surface area contributed by atoms with Gasteiger partial charge in [0.2, 0.25) is 0 Å². The van der Waals surface area contributed by atoms with Crippen LogP contribution in [0.2, 0.25) is 0 Å². The summed E-state index contributed by atoms with van der Waals surface area (Å²) in [6, 6.07) is 4.00. The third-order valence-corrected chi connectivity index (χ3v) is 4.39. The topological polar surface area (TPSA) is 43.2 Å². The third kappa shape index (κ3) is 3.24. The molecule has 2 aromatic heterocycles. The van der Waals surface area contributed by atoms with Gasteiger partial charge in [-0.05, 0) is 51.0 Å². The van der Waals surface area contributed by atoms with Gasteiger partial charge < -0.3 is 14.2 Å². The van der Waals surface area contributed by atoms with Gasteiger partial charge in [-0.15, -0.1) is 0 Å². The van der Waals surface area contributed by atoms with Crippen molar-refractivity contribution in [3.8, 4) is 0 Å². The molecule has 0 saturated carbocycles. The second kappa shape index (κ2) is 6.54. The number of pyridine rings is 1. The van der Waals surface area contributed by atoms with Gasteiger partial charge in [-0.1, -0.05) is 0 Å². The van der Waals surface area contributed by atoms with Crippen LogP contribution in [0.3, 0.4) is 0 Å². The summed E-state index contributed by atoms with van der Waals surface area (Å²) in [7, 11) is 3.94. The lowest BCUT2D eigenvalue weighted by Crippen LogP contribution is -2.32. The molecule has 0 unspecified atom stereocenters. The minimum Gasteiger partial charge on any atom is -0.384 e. The number of nitrogens with zero attached hydrogens (tertiary/aromatic N) is 4. The summed E-state index contributed by atoms with van der Waals surface area (Å²) in [6.07, 6.45) is 5.22. The van der Waals surface area contributed by atoms with Crippen molar-refractivity contribution in [2.45, 2.75) is 25.8 Å². The number of rotatable bonds is 5. The van der Waals surface area contributed by atoms with Crippen LogP contribution in [0.1, 0.15) is 18.7 Å². The number of aromatic nitrogens is 3. The van der Waals surface area contributed by atoms with E-state index in [0.717, 1.165) is 35.9 Å². The van der Waals surface area contributed by atoms with Crippen molar-refractivity contribution >= 4 is 11.2 Å². The van der Waals surface area contributed by atoms with Crippen LogP contribution in [0, 0.1) is 5.92 Å². The van der Waals surface area contributed by atoms with Gasteiger partial charge in [-0.2, -0.15) is 0 Å². The van der Waals surface area contributed by atoms with Gasteiger partial charge in [0, 0.05) is 26.3 Å². The first-order valence-electron chi connectivity index (χ1n) is 7.75. The molecule has 0 N–H and O–H groups in total. The van der Waals surface area contributed by atoms with Crippen LogP contribution in [0.5, 0.6) is 0 Å². The van der Waals surface area contributed by atoms with E-state index in [-0.39, 0.29) is 0 Å². The first-order valence-corrected chi connectivity index (χ1v) is 7.75. The normalized spacial score (nSPS) is 17.6. The van der Waals surface area contributed by atoms with Gasteiger partial charge in [0.1, 0.15) is 11.3 Å². The van der Waals surface area contributed by atoms with Crippen molar-refractivity contribution in [2.75, 3.05) is 33.9 Å². The molecule has 1 saturated heterocycles. The van der Waals surface area contributed by atoms with Crippen LogP contribution in [-0.2, 0) is 17.7 Å². The number of fused-ring (bicyclic) bond motifs is 1. The average Bonchev–Trinajstić information content (AvgIpc) is 2.85. The molecule has 3 rings (SSSR count). The molecule has 5 heteroatoms. The summed E-state index contributed by atoms with van der Waals surface area (Å²) < 4.78 is 7.53. The Kier molecular flexibility index (Phi) is 4.51. The fraction of sp³-hybridized carbons (Fsp3) is 0.625. The van der Waals surface area contributed by atoms with Gasteiger partial charge in [0.25, 0.3) is 0 Å². The monoisotopic (exact) mass is 288 g/mol. The Morgan fingerprint density at radius 2 is 2.14 bits per heavy atom. The predicted octanol–water partition coefficient (Wildman–Crippen LogP) is 1.96. The highest BCUT2D eigenvalue weighted by Gasteiger charge is 2.20. The lowest BCUT2D eigenvalue weighted by molar-refractivity contribution is 0.193.